The molecule has 12 atom stereocenters. The average Bonchev–Trinajstić information content (AvgIpc) is 0.854. The molecule has 0 radical (unpaired) electrons. The zero-order chi connectivity index (χ0) is 67.3. The van der Waals surface area contributed by atoms with Crippen LogP contribution in [0, 0.1) is 0 Å². The number of hydrogen-bond acceptors (Lipinski definition) is 13. The molecular formula is C79H151NO13. The van der Waals surface area contributed by atoms with Gasteiger partial charge in [0.05, 0.1) is 32.0 Å². The quantitative estimate of drug-likeness (QED) is 0.0204. The van der Waals surface area contributed by atoms with Gasteiger partial charge in [0.15, 0.2) is 12.6 Å². The van der Waals surface area contributed by atoms with Crippen LogP contribution < -0.4 is 5.32 Å². The molecule has 2 saturated heterocycles. The van der Waals surface area contributed by atoms with Gasteiger partial charge in [-0.2, -0.15) is 0 Å². The molecule has 0 aromatic heterocycles. The van der Waals surface area contributed by atoms with Crippen molar-refractivity contribution in [2.75, 3.05) is 19.8 Å². The second-order valence-electron chi connectivity index (χ2n) is 28.5. The third-order valence-corrected chi connectivity index (χ3v) is 19.9. The fourth-order valence-electron chi connectivity index (χ4n) is 13.6. The fraction of sp³-hybridized carbons (Fsp3) is 0.937. The zero-order valence-electron chi connectivity index (χ0n) is 60.3. The van der Waals surface area contributed by atoms with Gasteiger partial charge in [-0.05, 0) is 32.1 Å². The van der Waals surface area contributed by atoms with Crippen molar-refractivity contribution in [1.82, 2.24) is 5.32 Å². The smallest absolute Gasteiger partial charge is 0.220 e. The SMILES string of the molecule is CCCCCCCCCCCCCCCCCCCCCCCCCCCC/C=C/CC/C=C/C(O)C(COC1OC(CO)C(OC2OC(CO)C(O)C(O)C2O)C(O)C1O)NC(=O)CCCCCCCCCCCCCCCCCCCCCCCCCCCCC. The molecule has 2 aliphatic rings. The Balaban J connectivity index is 1.63. The van der Waals surface area contributed by atoms with Gasteiger partial charge in [0, 0.05) is 6.42 Å². The van der Waals surface area contributed by atoms with Crippen molar-refractivity contribution in [2.45, 2.75) is 453 Å². The van der Waals surface area contributed by atoms with Gasteiger partial charge < -0.3 is 65.1 Å². The van der Waals surface area contributed by atoms with Crippen molar-refractivity contribution in [3.05, 3.63) is 24.3 Å². The van der Waals surface area contributed by atoms with E-state index in [1.165, 1.54) is 315 Å². The van der Waals surface area contributed by atoms with E-state index in [9.17, 15) is 45.6 Å². The Hall–Kier alpha value is -1.53. The molecule has 14 heteroatoms. The van der Waals surface area contributed by atoms with Crippen LogP contribution in [0.15, 0.2) is 24.3 Å². The molecule has 2 rings (SSSR count). The highest BCUT2D eigenvalue weighted by Crippen LogP contribution is 2.30. The Bertz CT molecular complexity index is 1650. The Labute approximate surface area is 570 Å². The van der Waals surface area contributed by atoms with Crippen molar-refractivity contribution in [3.8, 4) is 0 Å². The number of amides is 1. The van der Waals surface area contributed by atoms with E-state index in [4.69, 9.17) is 18.9 Å². The molecule has 12 unspecified atom stereocenters. The van der Waals surface area contributed by atoms with Gasteiger partial charge in [-0.25, -0.2) is 0 Å². The average molecular weight is 1320 g/mol. The van der Waals surface area contributed by atoms with Crippen LogP contribution in [-0.2, 0) is 23.7 Å². The van der Waals surface area contributed by atoms with E-state index in [0.29, 0.717) is 12.8 Å². The summed E-state index contributed by atoms with van der Waals surface area (Å²) in [6.45, 7) is 2.86. The number of aliphatic hydroxyl groups is 8. The van der Waals surface area contributed by atoms with Crippen molar-refractivity contribution in [2.24, 2.45) is 0 Å². The van der Waals surface area contributed by atoms with Gasteiger partial charge >= 0.3 is 0 Å². The second kappa shape index (κ2) is 63.9. The van der Waals surface area contributed by atoms with Gasteiger partial charge in [-0.3, -0.25) is 4.79 Å². The standard InChI is InChI=1S/C79H151NO13/c1-3-5-7-9-11-13-15-17-19-21-23-25-27-29-31-32-33-34-35-37-38-40-42-44-46-48-50-52-54-56-58-60-62-68(83)67(66-90-78-76(89)74(87)77(70(65-82)92-78)93-79-75(88)73(86)72(85)69(64-81)91-79)80-71(84)63-61-59-57-55-53-51-49-47-45-43-41-39-36-30-28-26-24-22-20-18-16-14-12-10-8-6-4-2/h52,54,60,62,67-70,72-79,81-83,85-89H,3-51,53,55-59,61,63-66H2,1-2H3,(H,80,84)/b54-52+,62-60+. The van der Waals surface area contributed by atoms with Crippen molar-refractivity contribution in [3.63, 3.8) is 0 Å². The summed E-state index contributed by atoms with van der Waals surface area (Å²) in [5.74, 6) is -0.240. The van der Waals surface area contributed by atoms with E-state index >= 15 is 0 Å². The second-order valence-corrected chi connectivity index (χ2v) is 28.5. The molecule has 550 valence electrons. The minimum absolute atomic E-state index is 0.240. The third-order valence-electron chi connectivity index (χ3n) is 19.9. The summed E-state index contributed by atoms with van der Waals surface area (Å²) in [5.41, 5.74) is 0. The number of ether oxygens (including phenoxy) is 4. The molecule has 2 heterocycles. The van der Waals surface area contributed by atoms with Gasteiger partial charge in [-0.15, -0.1) is 0 Å². The Kier molecular flexibility index (Phi) is 60.1. The third kappa shape index (κ3) is 47.2. The maximum absolute atomic E-state index is 13.4. The van der Waals surface area contributed by atoms with Gasteiger partial charge in [0.25, 0.3) is 0 Å². The topological polar surface area (TPSA) is 228 Å². The Morgan fingerprint density at radius 3 is 1.05 bits per heavy atom. The molecule has 9 N–H and O–H groups in total. The summed E-state index contributed by atoms with van der Waals surface area (Å²) in [6, 6.07) is -0.930. The fourth-order valence-corrected chi connectivity index (χ4v) is 13.6. The number of rotatable bonds is 68. The van der Waals surface area contributed by atoms with Crippen LogP contribution in [0.5, 0.6) is 0 Å². The molecule has 2 aliphatic heterocycles. The number of allylic oxidation sites excluding steroid dienone is 3. The minimum Gasteiger partial charge on any atom is -0.394 e. The predicted octanol–water partition coefficient (Wildman–Crippen LogP) is 17.9. The summed E-state index contributed by atoms with van der Waals surface area (Å²) in [7, 11) is 0. The maximum atomic E-state index is 13.4. The molecule has 0 saturated carbocycles. The first-order chi connectivity index (χ1) is 45.6. The number of nitrogens with one attached hydrogen (secondary N) is 1. The van der Waals surface area contributed by atoms with Crippen molar-refractivity contribution >= 4 is 5.91 Å². The van der Waals surface area contributed by atoms with Crippen LogP contribution in [0.2, 0.25) is 0 Å². The molecule has 0 aliphatic carbocycles. The first-order valence-electron chi connectivity index (χ1n) is 40.1. The summed E-state index contributed by atoms with van der Waals surface area (Å²) < 4.78 is 22.9. The monoisotopic (exact) mass is 1320 g/mol. The molecule has 1 amide bonds. The van der Waals surface area contributed by atoms with Crippen LogP contribution in [0.1, 0.15) is 380 Å². The lowest BCUT2D eigenvalue weighted by atomic mass is 9.97. The van der Waals surface area contributed by atoms with Crippen LogP contribution in [0.4, 0.5) is 0 Å². The predicted molar refractivity (Wildman–Crippen MR) is 383 cm³/mol. The molecule has 2 fully saturated rings. The first-order valence-corrected chi connectivity index (χ1v) is 40.1. The van der Waals surface area contributed by atoms with E-state index < -0.39 is 86.8 Å². The minimum atomic E-state index is -1.79. The highest BCUT2D eigenvalue weighted by Gasteiger charge is 2.51. The van der Waals surface area contributed by atoms with Crippen LogP contribution >= 0.6 is 0 Å². The van der Waals surface area contributed by atoms with E-state index in [-0.39, 0.29) is 18.9 Å². The molecular weight excluding hydrogens is 1170 g/mol. The molecule has 0 bridgehead atoms. The van der Waals surface area contributed by atoms with Gasteiger partial charge in [0.2, 0.25) is 5.91 Å². The lowest BCUT2D eigenvalue weighted by molar-refractivity contribution is -0.359. The molecule has 0 aromatic carbocycles. The van der Waals surface area contributed by atoms with Gasteiger partial charge in [0.1, 0.15) is 48.8 Å². The number of unbranched alkanes of at least 4 members (excludes halogenated alkanes) is 53. The molecule has 0 aromatic rings. The van der Waals surface area contributed by atoms with Crippen LogP contribution in [0.25, 0.3) is 0 Å². The maximum Gasteiger partial charge on any atom is 0.220 e. The van der Waals surface area contributed by atoms with Crippen molar-refractivity contribution in [1.29, 1.82) is 0 Å². The number of aliphatic hydroxyl groups excluding tert-OH is 8. The van der Waals surface area contributed by atoms with Gasteiger partial charge in [-0.1, -0.05) is 366 Å². The zero-order valence-corrected chi connectivity index (χ0v) is 60.3. The first kappa shape index (κ1) is 87.6. The summed E-state index contributed by atoms with van der Waals surface area (Å²) in [6.07, 6.45) is 65.6. The Morgan fingerprint density at radius 1 is 0.376 bits per heavy atom. The molecule has 0 spiro atoms. The van der Waals surface area contributed by atoms with Crippen LogP contribution in [-0.4, -0.2) is 140 Å². The normalized spacial score (nSPS) is 22.6. The van der Waals surface area contributed by atoms with Crippen molar-refractivity contribution < 1.29 is 64.6 Å². The van der Waals surface area contributed by atoms with E-state index in [0.717, 1.165) is 32.1 Å². The largest absolute Gasteiger partial charge is 0.394 e. The Morgan fingerprint density at radius 2 is 0.688 bits per heavy atom. The highest BCUT2D eigenvalue weighted by atomic mass is 16.7. The lowest BCUT2D eigenvalue weighted by Gasteiger charge is -2.46. The summed E-state index contributed by atoms with van der Waals surface area (Å²) in [4.78, 5) is 13.4. The lowest BCUT2D eigenvalue weighted by Crippen LogP contribution is -2.65. The van der Waals surface area contributed by atoms with E-state index in [1.807, 2.05) is 6.08 Å². The molecule has 93 heavy (non-hydrogen) atoms. The summed E-state index contributed by atoms with van der Waals surface area (Å²) in [5, 5.41) is 87.6. The number of carbonyl (C=O) groups is 1. The number of carbonyl (C=O) groups excluding carboxylic acids is 1. The molecule has 14 nitrogen and oxygen atoms in total. The van der Waals surface area contributed by atoms with E-state index in [1.54, 1.807) is 6.08 Å². The van der Waals surface area contributed by atoms with Crippen LogP contribution in [0.3, 0.4) is 0 Å². The van der Waals surface area contributed by atoms with E-state index in [2.05, 4.69) is 31.3 Å². The summed E-state index contributed by atoms with van der Waals surface area (Å²) >= 11 is 0. The number of hydrogen-bond donors (Lipinski definition) is 9. The highest BCUT2D eigenvalue weighted by molar-refractivity contribution is 5.76.